The molecule has 0 aromatic carbocycles. The molecule has 1 heterocycles. The van der Waals surface area contributed by atoms with Gasteiger partial charge in [0.2, 0.25) is 0 Å². The maximum atomic E-state index is 3.58. The molecule has 0 radical (unpaired) electrons. The lowest BCUT2D eigenvalue weighted by Crippen LogP contribution is -2.57. The summed E-state index contributed by atoms with van der Waals surface area (Å²) in [5.74, 6) is 0. The van der Waals surface area contributed by atoms with Gasteiger partial charge >= 0.3 is 0 Å². The first-order valence-electron chi connectivity index (χ1n) is 7.57. The third-order valence-corrected chi connectivity index (χ3v) is 4.01. The van der Waals surface area contributed by atoms with Gasteiger partial charge in [0.25, 0.3) is 0 Å². The van der Waals surface area contributed by atoms with Crippen molar-refractivity contribution >= 4 is 0 Å². The molecule has 1 fully saturated rings. The van der Waals surface area contributed by atoms with Gasteiger partial charge in [-0.3, -0.25) is 9.80 Å². The van der Waals surface area contributed by atoms with Crippen LogP contribution in [0.15, 0.2) is 0 Å². The second-order valence-electron chi connectivity index (χ2n) is 6.82. The van der Waals surface area contributed by atoms with Crippen molar-refractivity contribution in [1.82, 2.24) is 15.1 Å². The first kappa shape index (κ1) is 15.9. The second kappa shape index (κ2) is 6.88. The fraction of sp³-hybridized carbons (Fsp3) is 1.00. The molecule has 0 aliphatic carbocycles. The molecule has 0 spiro atoms. The molecule has 0 saturated carbocycles. The van der Waals surface area contributed by atoms with E-state index in [1.54, 1.807) is 0 Å². The summed E-state index contributed by atoms with van der Waals surface area (Å²) < 4.78 is 0. The monoisotopic (exact) mass is 255 g/mol. The minimum atomic E-state index is 0.323. The van der Waals surface area contributed by atoms with Crippen molar-refractivity contribution in [2.45, 2.75) is 65.6 Å². The van der Waals surface area contributed by atoms with E-state index in [0.29, 0.717) is 17.6 Å². The Morgan fingerprint density at radius 1 is 1.06 bits per heavy atom. The van der Waals surface area contributed by atoms with Crippen LogP contribution in [0.5, 0.6) is 0 Å². The number of piperazine rings is 1. The van der Waals surface area contributed by atoms with Gasteiger partial charge in [-0.25, -0.2) is 0 Å². The molecule has 0 bridgehead atoms. The van der Waals surface area contributed by atoms with Crippen LogP contribution < -0.4 is 5.32 Å². The Bertz CT molecular complexity index is 224. The minimum absolute atomic E-state index is 0.323. The Kier molecular flexibility index (Phi) is 6.09. The van der Waals surface area contributed by atoms with Gasteiger partial charge < -0.3 is 5.32 Å². The summed E-state index contributed by atoms with van der Waals surface area (Å²) in [6.45, 7) is 19.7. The predicted octanol–water partition coefficient (Wildman–Crippen LogP) is 2.18. The van der Waals surface area contributed by atoms with Crippen LogP contribution in [0.4, 0.5) is 0 Å². The van der Waals surface area contributed by atoms with E-state index in [0.717, 1.165) is 6.54 Å². The van der Waals surface area contributed by atoms with E-state index in [1.165, 1.54) is 32.6 Å². The average Bonchev–Trinajstić information content (AvgIpc) is 2.29. The summed E-state index contributed by atoms with van der Waals surface area (Å²) in [7, 11) is 0. The minimum Gasteiger partial charge on any atom is -0.313 e. The first-order chi connectivity index (χ1) is 8.34. The molecule has 18 heavy (non-hydrogen) atoms. The van der Waals surface area contributed by atoms with E-state index in [2.05, 4.69) is 56.7 Å². The van der Waals surface area contributed by atoms with Gasteiger partial charge in [-0.05, 0) is 27.2 Å². The van der Waals surface area contributed by atoms with E-state index in [-0.39, 0.29) is 0 Å². The molecular weight excluding hydrogens is 222 g/mol. The summed E-state index contributed by atoms with van der Waals surface area (Å²) in [5.41, 5.74) is 0.323. The number of hydrogen-bond donors (Lipinski definition) is 1. The van der Waals surface area contributed by atoms with Crippen LogP contribution in [0.1, 0.15) is 48.0 Å². The first-order valence-corrected chi connectivity index (χ1v) is 7.57. The molecule has 1 unspecified atom stereocenters. The number of rotatable bonds is 5. The Labute approximate surface area is 114 Å². The molecule has 3 heteroatoms. The fourth-order valence-corrected chi connectivity index (χ4v) is 2.66. The van der Waals surface area contributed by atoms with Crippen molar-refractivity contribution in [2.75, 3.05) is 32.7 Å². The third-order valence-electron chi connectivity index (χ3n) is 4.01. The topological polar surface area (TPSA) is 18.5 Å². The van der Waals surface area contributed by atoms with Gasteiger partial charge in [-0.1, -0.05) is 20.8 Å². The normalized spacial score (nSPS) is 21.5. The van der Waals surface area contributed by atoms with Crippen LogP contribution in [0.25, 0.3) is 0 Å². The lowest BCUT2D eigenvalue weighted by atomic mass is 10.0. The summed E-state index contributed by atoms with van der Waals surface area (Å²) in [4.78, 5) is 5.27. The van der Waals surface area contributed by atoms with E-state index in [4.69, 9.17) is 0 Å². The SMILES string of the molecule is CCC(CNC(C)C)N1CCN(C(C)(C)C)CC1. The molecule has 3 nitrogen and oxygen atoms in total. The molecular formula is C15H33N3. The maximum Gasteiger partial charge on any atom is 0.0219 e. The summed E-state index contributed by atoms with van der Waals surface area (Å²) in [6.07, 6.45) is 1.25. The van der Waals surface area contributed by atoms with Crippen LogP contribution in [0, 0.1) is 0 Å². The lowest BCUT2D eigenvalue weighted by Gasteiger charge is -2.44. The van der Waals surface area contributed by atoms with Crippen LogP contribution in [0.3, 0.4) is 0 Å². The molecule has 108 valence electrons. The number of nitrogens with zero attached hydrogens (tertiary/aromatic N) is 2. The Hall–Kier alpha value is -0.120. The fourth-order valence-electron chi connectivity index (χ4n) is 2.66. The molecule has 1 rings (SSSR count). The van der Waals surface area contributed by atoms with Crippen LogP contribution in [0.2, 0.25) is 0 Å². The van der Waals surface area contributed by atoms with Crippen molar-refractivity contribution < 1.29 is 0 Å². The predicted molar refractivity (Wildman–Crippen MR) is 80.1 cm³/mol. The highest BCUT2D eigenvalue weighted by Gasteiger charge is 2.28. The Morgan fingerprint density at radius 2 is 1.61 bits per heavy atom. The van der Waals surface area contributed by atoms with Gasteiger partial charge in [0.1, 0.15) is 0 Å². The smallest absolute Gasteiger partial charge is 0.0219 e. The third kappa shape index (κ3) is 4.87. The molecule has 1 N–H and O–H groups in total. The van der Waals surface area contributed by atoms with E-state index in [1.807, 2.05) is 0 Å². The Balaban J connectivity index is 2.40. The number of nitrogens with one attached hydrogen (secondary N) is 1. The van der Waals surface area contributed by atoms with Crippen LogP contribution in [-0.2, 0) is 0 Å². The Morgan fingerprint density at radius 3 is 2.00 bits per heavy atom. The van der Waals surface area contributed by atoms with Crippen molar-refractivity contribution in [3.05, 3.63) is 0 Å². The second-order valence-corrected chi connectivity index (χ2v) is 6.82. The van der Waals surface area contributed by atoms with Gasteiger partial charge in [0, 0.05) is 50.3 Å². The molecule has 1 aliphatic heterocycles. The van der Waals surface area contributed by atoms with Crippen LogP contribution >= 0.6 is 0 Å². The zero-order chi connectivity index (χ0) is 13.8. The highest BCUT2D eigenvalue weighted by molar-refractivity contribution is 4.85. The maximum absolute atomic E-state index is 3.58. The highest BCUT2D eigenvalue weighted by atomic mass is 15.3. The largest absolute Gasteiger partial charge is 0.313 e. The van der Waals surface area contributed by atoms with Crippen molar-refractivity contribution in [3.8, 4) is 0 Å². The van der Waals surface area contributed by atoms with Crippen molar-refractivity contribution in [3.63, 3.8) is 0 Å². The van der Waals surface area contributed by atoms with Gasteiger partial charge in [0.15, 0.2) is 0 Å². The van der Waals surface area contributed by atoms with Gasteiger partial charge in [0.05, 0.1) is 0 Å². The quantitative estimate of drug-likeness (QED) is 0.812. The molecule has 0 aromatic rings. The van der Waals surface area contributed by atoms with Crippen molar-refractivity contribution in [2.24, 2.45) is 0 Å². The molecule has 1 aliphatic rings. The van der Waals surface area contributed by atoms with E-state index in [9.17, 15) is 0 Å². The van der Waals surface area contributed by atoms with Crippen molar-refractivity contribution in [1.29, 1.82) is 0 Å². The average molecular weight is 255 g/mol. The zero-order valence-corrected chi connectivity index (χ0v) is 13.3. The molecule has 1 saturated heterocycles. The molecule has 0 aromatic heterocycles. The summed E-state index contributed by atoms with van der Waals surface area (Å²) in [5, 5.41) is 3.58. The van der Waals surface area contributed by atoms with Gasteiger partial charge in [-0.15, -0.1) is 0 Å². The van der Waals surface area contributed by atoms with E-state index < -0.39 is 0 Å². The number of hydrogen-bond acceptors (Lipinski definition) is 3. The van der Waals surface area contributed by atoms with Gasteiger partial charge in [-0.2, -0.15) is 0 Å². The summed E-state index contributed by atoms with van der Waals surface area (Å²) in [6, 6.07) is 1.30. The van der Waals surface area contributed by atoms with Crippen LogP contribution in [-0.4, -0.2) is 60.1 Å². The summed E-state index contributed by atoms with van der Waals surface area (Å²) >= 11 is 0. The molecule has 0 amide bonds. The lowest BCUT2D eigenvalue weighted by molar-refractivity contribution is 0.0407. The zero-order valence-electron chi connectivity index (χ0n) is 13.3. The van der Waals surface area contributed by atoms with E-state index >= 15 is 0 Å². The molecule has 1 atom stereocenters. The highest BCUT2D eigenvalue weighted by Crippen LogP contribution is 2.17. The standard InChI is InChI=1S/C15H33N3/c1-7-14(12-16-13(2)3)17-8-10-18(11-9-17)15(4,5)6/h13-14,16H,7-12H2,1-6H3.